The van der Waals surface area contributed by atoms with Crippen molar-refractivity contribution in [3.63, 3.8) is 0 Å². The van der Waals surface area contributed by atoms with Crippen LogP contribution in [-0.2, 0) is 19.1 Å². The van der Waals surface area contributed by atoms with Crippen LogP contribution in [0.3, 0.4) is 0 Å². The second kappa shape index (κ2) is 9.43. The minimum absolute atomic E-state index is 0.206. The van der Waals surface area contributed by atoms with E-state index in [9.17, 15) is 19.2 Å². The van der Waals surface area contributed by atoms with Crippen LogP contribution in [-0.4, -0.2) is 53.8 Å². The van der Waals surface area contributed by atoms with Crippen molar-refractivity contribution in [2.24, 2.45) is 11.8 Å². The Morgan fingerprint density at radius 3 is 2.24 bits per heavy atom. The molecular formula is C21H26N2O5S. The zero-order valence-electron chi connectivity index (χ0n) is 16.7. The highest BCUT2D eigenvalue weighted by Crippen LogP contribution is 2.39. The summed E-state index contributed by atoms with van der Waals surface area (Å²) in [6.45, 7) is 0. The number of imide groups is 1. The summed E-state index contributed by atoms with van der Waals surface area (Å²) in [4.78, 5) is 51.6. The maximum absolute atomic E-state index is 13.0. The zero-order valence-corrected chi connectivity index (χ0v) is 17.5. The van der Waals surface area contributed by atoms with Crippen LogP contribution in [0.4, 0.5) is 5.69 Å². The molecule has 0 spiro atoms. The van der Waals surface area contributed by atoms with Crippen LogP contribution in [0.2, 0.25) is 0 Å². The molecule has 29 heavy (non-hydrogen) atoms. The molecule has 0 bridgehead atoms. The van der Waals surface area contributed by atoms with Gasteiger partial charge in [-0.05, 0) is 55.5 Å². The van der Waals surface area contributed by atoms with Crippen LogP contribution in [0.25, 0.3) is 0 Å². The Hall–Kier alpha value is -2.35. The van der Waals surface area contributed by atoms with Crippen LogP contribution in [0.15, 0.2) is 24.3 Å². The first kappa shape index (κ1) is 21.4. The average molecular weight is 419 g/mol. The number of esters is 1. The summed E-state index contributed by atoms with van der Waals surface area (Å²) in [6, 6.07) is 5.48. The number of hydrogen-bond donors (Lipinski definition) is 1. The minimum atomic E-state index is -0.826. The highest BCUT2D eigenvalue weighted by atomic mass is 32.2. The summed E-state index contributed by atoms with van der Waals surface area (Å²) in [5, 5.41) is 2.79. The van der Waals surface area contributed by atoms with E-state index < -0.39 is 12.0 Å². The summed E-state index contributed by atoms with van der Waals surface area (Å²) in [6.07, 6.45) is 5.66. The van der Waals surface area contributed by atoms with Crippen molar-refractivity contribution in [3.05, 3.63) is 29.8 Å². The number of methoxy groups -OCH3 is 1. The number of hydrogen-bond acceptors (Lipinski definition) is 6. The SMILES string of the molecule is COC(=O)c1ccc(NC(=O)[C@H](CCSC)N2C(=O)[C@H]3CCCC[C@@H]3C2=O)cc1. The zero-order chi connectivity index (χ0) is 21.0. The van der Waals surface area contributed by atoms with Gasteiger partial charge in [-0.25, -0.2) is 4.79 Å². The lowest BCUT2D eigenvalue weighted by molar-refractivity contribution is -0.146. The predicted molar refractivity (Wildman–Crippen MR) is 110 cm³/mol. The summed E-state index contributed by atoms with van der Waals surface area (Å²) in [5.74, 6) is -1.16. The molecular weight excluding hydrogens is 392 g/mol. The molecule has 1 saturated heterocycles. The van der Waals surface area contributed by atoms with Gasteiger partial charge < -0.3 is 10.1 Å². The number of fused-ring (bicyclic) bond motifs is 1. The fourth-order valence-electron chi connectivity index (χ4n) is 4.14. The molecule has 1 aromatic rings. The molecule has 2 fully saturated rings. The van der Waals surface area contributed by atoms with Crippen LogP contribution in [0.5, 0.6) is 0 Å². The maximum atomic E-state index is 13.0. The topological polar surface area (TPSA) is 92.8 Å². The summed E-state index contributed by atoms with van der Waals surface area (Å²) >= 11 is 1.57. The number of ether oxygens (including phenoxy) is 1. The third-order valence-electron chi connectivity index (χ3n) is 5.66. The minimum Gasteiger partial charge on any atom is -0.465 e. The van der Waals surface area contributed by atoms with Crippen molar-refractivity contribution in [2.75, 3.05) is 24.4 Å². The van der Waals surface area contributed by atoms with Gasteiger partial charge in [-0.3, -0.25) is 19.3 Å². The van der Waals surface area contributed by atoms with E-state index in [-0.39, 0.29) is 29.6 Å². The lowest BCUT2D eigenvalue weighted by atomic mass is 9.81. The van der Waals surface area contributed by atoms with Gasteiger partial charge in [-0.2, -0.15) is 11.8 Å². The number of rotatable bonds is 7. The molecule has 1 saturated carbocycles. The number of carbonyl (C=O) groups is 4. The van der Waals surface area contributed by atoms with E-state index in [1.165, 1.54) is 12.0 Å². The summed E-state index contributed by atoms with van der Waals surface area (Å²) < 4.78 is 4.67. The van der Waals surface area contributed by atoms with E-state index in [0.717, 1.165) is 25.7 Å². The van der Waals surface area contributed by atoms with E-state index in [4.69, 9.17) is 0 Å². The average Bonchev–Trinajstić information content (AvgIpc) is 2.99. The van der Waals surface area contributed by atoms with Gasteiger partial charge in [0.25, 0.3) is 0 Å². The van der Waals surface area contributed by atoms with Gasteiger partial charge in [0.15, 0.2) is 0 Å². The number of thioether (sulfide) groups is 1. The molecule has 1 heterocycles. The number of nitrogens with one attached hydrogen (secondary N) is 1. The number of benzene rings is 1. The van der Waals surface area contributed by atoms with Crippen LogP contribution >= 0.6 is 11.8 Å². The fourth-order valence-corrected chi connectivity index (χ4v) is 4.59. The summed E-state index contributed by atoms with van der Waals surface area (Å²) in [5.41, 5.74) is 0.867. The lowest BCUT2D eigenvalue weighted by Crippen LogP contribution is -2.48. The number of likely N-dealkylation sites (tertiary alicyclic amines) is 1. The third kappa shape index (κ3) is 4.47. The van der Waals surface area contributed by atoms with Gasteiger partial charge in [0.2, 0.25) is 17.7 Å². The highest BCUT2D eigenvalue weighted by Gasteiger charge is 2.51. The largest absolute Gasteiger partial charge is 0.465 e. The molecule has 7 nitrogen and oxygen atoms in total. The van der Waals surface area contributed by atoms with E-state index in [1.807, 2.05) is 6.26 Å². The highest BCUT2D eigenvalue weighted by molar-refractivity contribution is 7.98. The van der Waals surface area contributed by atoms with E-state index in [0.29, 0.717) is 23.4 Å². The Morgan fingerprint density at radius 2 is 1.72 bits per heavy atom. The number of nitrogens with zero attached hydrogens (tertiary/aromatic N) is 1. The van der Waals surface area contributed by atoms with Crippen molar-refractivity contribution in [1.82, 2.24) is 4.90 Å². The molecule has 2 aliphatic rings. The predicted octanol–water partition coefficient (Wildman–Crippen LogP) is 2.71. The lowest BCUT2D eigenvalue weighted by Gasteiger charge is -2.26. The molecule has 3 atom stereocenters. The van der Waals surface area contributed by atoms with Crippen LogP contribution < -0.4 is 5.32 Å². The van der Waals surface area contributed by atoms with Gasteiger partial charge in [0.05, 0.1) is 24.5 Å². The Balaban J connectivity index is 1.77. The third-order valence-corrected chi connectivity index (χ3v) is 6.30. The van der Waals surface area contributed by atoms with Crippen molar-refractivity contribution in [2.45, 2.75) is 38.1 Å². The first-order valence-electron chi connectivity index (χ1n) is 9.83. The molecule has 1 aliphatic carbocycles. The second-order valence-electron chi connectivity index (χ2n) is 7.40. The molecule has 8 heteroatoms. The van der Waals surface area contributed by atoms with Crippen LogP contribution in [0, 0.1) is 11.8 Å². The van der Waals surface area contributed by atoms with Gasteiger partial charge in [-0.1, -0.05) is 12.8 Å². The molecule has 0 unspecified atom stereocenters. The monoisotopic (exact) mass is 418 g/mol. The Bertz CT molecular complexity index is 771. The van der Waals surface area contributed by atoms with Gasteiger partial charge in [0, 0.05) is 5.69 Å². The van der Waals surface area contributed by atoms with Gasteiger partial charge in [-0.15, -0.1) is 0 Å². The molecule has 3 rings (SSSR count). The molecule has 1 aliphatic heterocycles. The first-order valence-corrected chi connectivity index (χ1v) is 11.2. The second-order valence-corrected chi connectivity index (χ2v) is 8.38. The summed E-state index contributed by atoms with van der Waals surface area (Å²) in [7, 11) is 1.30. The standard InChI is InChI=1S/C21H26N2O5S/c1-28-21(27)13-7-9-14(10-8-13)22-18(24)17(11-12-29-2)23-19(25)15-5-3-4-6-16(15)20(23)26/h7-10,15-17H,3-6,11-12H2,1-2H3,(H,22,24)/t15-,16-,17-/m0/s1. The first-order chi connectivity index (χ1) is 14.0. The van der Waals surface area contributed by atoms with E-state index in [1.54, 1.807) is 36.0 Å². The van der Waals surface area contributed by atoms with Crippen molar-refractivity contribution in [1.29, 1.82) is 0 Å². The maximum Gasteiger partial charge on any atom is 0.337 e. The Morgan fingerprint density at radius 1 is 1.14 bits per heavy atom. The smallest absolute Gasteiger partial charge is 0.337 e. The van der Waals surface area contributed by atoms with Crippen molar-refractivity contribution in [3.8, 4) is 0 Å². The van der Waals surface area contributed by atoms with Gasteiger partial charge in [0.1, 0.15) is 6.04 Å². The normalized spacial score (nSPS) is 22.2. The molecule has 1 aromatic carbocycles. The Labute approximate surface area is 174 Å². The molecule has 0 aromatic heterocycles. The van der Waals surface area contributed by atoms with E-state index in [2.05, 4.69) is 10.1 Å². The van der Waals surface area contributed by atoms with Crippen LogP contribution in [0.1, 0.15) is 42.5 Å². The van der Waals surface area contributed by atoms with Gasteiger partial charge >= 0.3 is 5.97 Å². The van der Waals surface area contributed by atoms with Crippen molar-refractivity contribution >= 4 is 41.1 Å². The fraction of sp³-hybridized carbons (Fsp3) is 0.524. The Kier molecular flexibility index (Phi) is 6.95. The molecule has 3 amide bonds. The number of anilines is 1. The molecule has 1 N–H and O–H groups in total. The van der Waals surface area contributed by atoms with E-state index >= 15 is 0 Å². The quantitative estimate of drug-likeness (QED) is 0.541. The van der Waals surface area contributed by atoms with Crippen molar-refractivity contribution < 1.29 is 23.9 Å². The molecule has 156 valence electrons. The molecule has 0 radical (unpaired) electrons. The number of carbonyl (C=O) groups excluding carboxylic acids is 4. The number of amides is 3.